The first-order valence-electron chi connectivity index (χ1n) is 13.3. The first-order chi connectivity index (χ1) is 19.0. The summed E-state index contributed by atoms with van der Waals surface area (Å²) in [4.78, 5) is 46.0. The van der Waals surface area contributed by atoms with Crippen molar-refractivity contribution >= 4 is 40.7 Å². The fourth-order valence-electron chi connectivity index (χ4n) is 6.82. The molecule has 1 saturated heterocycles. The predicted molar refractivity (Wildman–Crippen MR) is 155 cm³/mol. The fourth-order valence-corrected chi connectivity index (χ4v) is 7.00. The zero-order valence-electron chi connectivity index (χ0n) is 23.0. The van der Waals surface area contributed by atoms with Gasteiger partial charge in [0.2, 0.25) is 0 Å². The molecule has 1 aliphatic carbocycles. The van der Waals surface area contributed by atoms with Crippen molar-refractivity contribution in [2.24, 2.45) is 10.8 Å². The molecular weight excluding hydrogens is 526 g/mol. The Kier molecular flexibility index (Phi) is 5.97. The van der Waals surface area contributed by atoms with Crippen LogP contribution in [0.1, 0.15) is 58.5 Å². The molecule has 6 nitrogen and oxygen atoms in total. The van der Waals surface area contributed by atoms with Crippen LogP contribution in [0.25, 0.3) is 6.08 Å². The minimum absolute atomic E-state index is 0.0861. The van der Waals surface area contributed by atoms with E-state index in [1.165, 1.54) is 0 Å². The summed E-state index contributed by atoms with van der Waals surface area (Å²) in [6, 6.07) is 16.2. The molecule has 40 heavy (non-hydrogen) atoms. The van der Waals surface area contributed by atoms with Crippen molar-refractivity contribution in [1.29, 1.82) is 0 Å². The van der Waals surface area contributed by atoms with Crippen molar-refractivity contribution in [3.8, 4) is 11.5 Å². The quantitative estimate of drug-likeness (QED) is 0.347. The lowest BCUT2D eigenvalue weighted by Crippen LogP contribution is -2.49. The van der Waals surface area contributed by atoms with Crippen LogP contribution in [0.4, 0.5) is 5.69 Å². The van der Waals surface area contributed by atoms with Crippen LogP contribution in [-0.2, 0) is 4.79 Å². The number of hydrogen-bond donors (Lipinski definition) is 0. The second kappa shape index (κ2) is 9.07. The summed E-state index contributed by atoms with van der Waals surface area (Å²) in [5.74, 6) is -0.511. The highest BCUT2D eigenvalue weighted by molar-refractivity contribution is 6.32. The number of fused-ring (bicyclic) bond motifs is 5. The van der Waals surface area contributed by atoms with E-state index in [1.54, 1.807) is 62.8 Å². The van der Waals surface area contributed by atoms with E-state index < -0.39 is 28.8 Å². The van der Waals surface area contributed by atoms with Gasteiger partial charge in [0.05, 0.1) is 26.3 Å². The molecule has 0 aromatic heterocycles. The lowest BCUT2D eigenvalue weighted by Gasteiger charge is -2.38. The maximum absolute atomic E-state index is 14.7. The summed E-state index contributed by atoms with van der Waals surface area (Å²) in [5.41, 5.74) is 0.507. The van der Waals surface area contributed by atoms with Crippen LogP contribution < -0.4 is 14.4 Å². The number of carbonyl (C=O) groups is 3. The Labute approximate surface area is 238 Å². The van der Waals surface area contributed by atoms with Gasteiger partial charge >= 0.3 is 0 Å². The Morgan fingerprint density at radius 3 is 2.20 bits per heavy atom. The third-order valence-corrected chi connectivity index (χ3v) is 8.78. The van der Waals surface area contributed by atoms with Gasteiger partial charge in [0.25, 0.3) is 0 Å². The van der Waals surface area contributed by atoms with Gasteiger partial charge in [0.1, 0.15) is 16.9 Å². The Hall–Kier alpha value is -3.90. The molecule has 3 atom stereocenters. The molecule has 1 fully saturated rings. The monoisotopic (exact) mass is 555 g/mol. The molecule has 3 aromatic rings. The molecule has 7 heteroatoms. The van der Waals surface area contributed by atoms with E-state index in [0.717, 1.165) is 11.3 Å². The SMILES string of the molecule is COc1ccc(OC)c([C@@H]2[C@@H](C(=O)C(C)(C)C)N3c4ccc(Cl)cc4C=C[C@@H]3C23C(=O)c2ccccc2C3=O)c1. The van der Waals surface area contributed by atoms with Crippen molar-refractivity contribution in [3.63, 3.8) is 0 Å². The first-order valence-corrected chi connectivity index (χ1v) is 13.6. The van der Waals surface area contributed by atoms with Gasteiger partial charge in [0, 0.05) is 38.7 Å². The van der Waals surface area contributed by atoms with Crippen LogP contribution in [0.2, 0.25) is 5.02 Å². The summed E-state index contributed by atoms with van der Waals surface area (Å²) in [5, 5.41) is 0.556. The number of methoxy groups -OCH3 is 2. The number of carbonyl (C=O) groups excluding carboxylic acids is 3. The normalized spacial score (nSPS) is 22.2. The molecule has 3 aromatic carbocycles. The van der Waals surface area contributed by atoms with Gasteiger partial charge in [-0.15, -0.1) is 0 Å². The fraction of sp³-hybridized carbons (Fsp3) is 0.303. The highest BCUT2D eigenvalue weighted by Gasteiger charge is 2.72. The smallest absolute Gasteiger partial charge is 0.180 e. The van der Waals surface area contributed by atoms with Gasteiger partial charge in [-0.25, -0.2) is 0 Å². The van der Waals surface area contributed by atoms with Crippen molar-refractivity contribution in [1.82, 2.24) is 0 Å². The summed E-state index contributed by atoms with van der Waals surface area (Å²) in [6.45, 7) is 5.60. The average Bonchev–Trinajstić information content (AvgIpc) is 3.37. The first kappa shape index (κ1) is 26.3. The highest BCUT2D eigenvalue weighted by atomic mass is 35.5. The van der Waals surface area contributed by atoms with Crippen molar-refractivity contribution < 1.29 is 23.9 Å². The van der Waals surface area contributed by atoms with E-state index in [9.17, 15) is 14.4 Å². The van der Waals surface area contributed by atoms with E-state index in [2.05, 4.69) is 0 Å². The Morgan fingerprint density at radius 2 is 1.60 bits per heavy atom. The number of anilines is 1. The van der Waals surface area contributed by atoms with Crippen LogP contribution >= 0.6 is 11.6 Å². The van der Waals surface area contributed by atoms with Crippen LogP contribution in [0.5, 0.6) is 11.5 Å². The molecule has 1 spiro atoms. The van der Waals surface area contributed by atoms with E-state index in [1.807, 2.05) is 50.0 Å². The molecule has 3 aliphatic rings. The topological polar surface area (TPSA) is 72.9 Å². The van der Waals surface area contributed by atoms with Gasteiger partial charge in [-0.3, -0.25) is 14.4 Å². The molecule has 2 aliphatic heterocycles. The lowest BCUT2D eigenvalue weighted by atomic mass is 9.63. The number of Topliss-reactive ketones (excluding diaryl/α,β-unsaturated/α-hetero) is 3. The van der Waals surface area contributed by atoms with Gasteiger partial charge in [0.15, 0.2) is 17.3 Å². The van der Waals surface area contributed by atoms with Crippen molar-refractivity contribution in [2.45, 2.75) is 38.8 Å². The Morgan fingerprint density at radius 1 is 0.925 bits per heavy atom. The predicted octanol–water partition coefficient (Wildman–Crippen LogP) is 6.41. The van der Waals surface area contributed by atoms with Gasteiger partial charge in [-0.2, -0.15) is 0 Å². The Balaban J connectivity index is 1.74. The zero-order valence-corrected chi connectivity index (χ0v) is 23.8. The van der Waals surface area contributed by atoms with E-state index in [0.29, 0.717) is 33.2 Å². The average molecular weight is 556 g/mol. The summed E-state index contributed by atoms with van der Waals surface area (Å²) in [7, 11) is 3.10. The second-order valence-corrected chi connectivity index (χ2v) is 12.1. The van der Waals surface area contributed by atoms with E-state index in [-0.39, 0.29) is 17.3 Å². The molecule has 0 amide bonds. The number of ether oxygens (including phenoxy) is 2. The lowest BCUT2D eigenvalue weighted by molar-refractivity contribution is -0.127. The number of halogens is 1. The van der Waals surface area contributed by atoms with Crippen LogP contribution in [0.3, 0.4) is 0 Å². The summed E-state index contributed by atoms with van der Waals surface area (Å²) < 4.78 is 11.4. The van der Waals surface area contributed by atoms with Crippen LogP contribution in [-0.4, -0.2) is 43.7 Å². The maximum Gasteiger partial charge on any atom is 0.180 e. The third-order valence-electron chi connectivity index (χ3n) is 8.55. The maximum atomic E-state index is 14.7. The number of rotatable bonds is 4. The van der Waals surface area contributed by atoms with Crippen LogP contribution in [0, 0.1) is 10.8 Å². The Bertz CT molecular complexity index is 1580. The minimum atomic E-state index is -1.61. The van der Waals surface area contributed by atoms with Crippen molar-refractivity contribution in [3.05, 3.63) is 94.0 Å². The van der Waals surface area contributed by atoms with E-state index >= 15 is 0 Å². The molecule has 0 saturated carbocycles. The number of benzene rings is 3. The molecule has 6 rings (SSSR count). The molecule has 2 heterocycles. The molecule has 0 N–H and O–H groups in total. The largest absolute Gasteiger partial charge is 0.497 e. The summed E-state index contributed by atoms with van der Waals surface area (Å²) >= 11 is 6.36. The molecule has 204 valence electrons. The molecular formula is C33H30ClNO5. The number of hydrogen-bond acceptors (Lipinski definition) is 6. The van der Waals surface area contributed by atoms with Gasteiger partial charge in [-0.05, 0) is 42.0 Å². The number of ketones is 3. The second-order valence-electron chi connectivity index (χ2n) is 11.6. The summed E-state index contributed by atoms with van der Waals surface area (Å²) in [6.07, 6.45) is 3.79. The molecule has 0 radical (unpaired) electrons. The van der Waals surface area contributed by atoms with E-state index in [4.69, 9.17) is 21.1 Å². The van der Waals surface area contributed by atoms with Gasteiger partial charge < -0.3 is 14.4 Å². The van der Waals surface area contributed by atoms with Crippen molar-refractivity contribution in [2.75, 3.05) is 19.1 Å². The van der Waals surface area contributed by atoms with Gasteiger partial charge in [-0.1, -0.05) is 68.8 Å². The zero-order chi connectivity index (χ0) is 28.6. The third kappa shape index (κ3) is 3.45. The molecule has 0 unspecified atom stereocenters. The number of nitrogens with zero attached hydrogens (tertiary/aromatic N) is 1. The minimum Gasteiger partial charge on any atom is -0.497 e. The van der Waals surface area contributed by atoms with Crippen LogP contribution in [0.15, 0.2) is 66.7 Å². The highest BCUT2D eigenvalue weighted by Crippen LogP contribution is 2.62. The standard InChI is InChI=1S/C33H30ClNO5/c1-32(2,3)31(38)28-27(23-17-20(39-4)12-14-25(23)40-5)33(29(36)21-8-6-7-9-22(21)30(33)37)26-15-10-18-16-19(34)11-13-24(18)35(26)28/h6-17,26-28H,1-5H3/t26-,27-,28+/m1/s1. The molecule has 0 bridgehead atoms.